The fourth-order valence-electron chi connectivity index (χ4n) is 2.93. The highest BCUT2D eigenvalue weighted by molar-refractivity contribution is 6.07. The van der Waals surface area contributed by atoms with Gasteiger partial charge in [-0.15, -0.1) is 0 Å². The monoisotopic (exact) mass is 392 g/mol. The van der Waals surface area contributed by atoms with Crippen LogP contribution in [0.3, 0.4) is 0 Å². The van der Waals surface area contributed by atoms with Crippen molar-refractivity contribution in [2.75, 3.05) is 18.2 Å². The van der Waals surface area contributed by atoms with Crippen molar-refractivity contribution >= 4 is 28.3 Å². The van der Waals surface area contributed by atoms with Gasteiger partial charge in [0.05, 0.1) is 29.5 Å². The SMILES string of the molecule is COc1ccc(N)c(NC(=O)c2ccc3c(c2)nc(C(F)(F)F)n3C(C)C)c1. The van der Waals surface area contributed by atoms with Crippen molar-refractivity contribution in [1.29, 1.82) is 0 Å². The molecule has 0 fully saturated rings. The molecule has 9 heteroatoms. The van der Waals surface area contributed by atoms with Gasteiger partial charge in [0.1, 0.15) is 5.75 Å². The number of benzene rings is 2. The van der Waals surface area contributed by atoms with Crippen LogP contribution in [0, 0.1) is 0 Å². The Bertz CT molecular complexity index is 1040. The first-order valence-corrected chi connectivity index (χ1v) is 8.46. The van der Waals surface area contributed by atoms with Gasteiger partial charge in [-0.25, -0.2) is 4.98 Å². The third kappa shape index (κ3) is 3.60. The maximum atomic E-state index is 13.3. The standard InChI is InChI=1S/C19H19F3N4O2/c1-10(2)26-16-7-4-11(8-15(16)25-18(26)19(20,21)22)17(27)24-14-9-12(28-3)5-6-13(14)23/h4-10H,23H2,1-3H3,(H,24,27). The third-order valence-corrected chi connectivity index (χ3v) is 4.23. The zero-order chi connectivity index (χ0) is 20.6. The van der Waals surface area contributed by atoms with Gasteiger partial charge in [-0.05, 0) is 44.2 Å². The van der Waals surface area contributed by atoms with Crippen LogP contribution in [0.25, 0.3) is 11.0 Å². The smallest absolute Gasteiger partial charge is 0.449 e. The Morgan fingerprint density at radius 1 is 1.21 bits per heavy atom. The van der Waals surface area contributed by atoms with Crippen LogP contribution in [0.4, 0.5) is 24.5 Å². The molecule has 0 aliphatic heterocycles. The van der Waals surface area contributed by atoms with E-state index in [2.05, 4.69) is 10.3 Å². The molecule has 0 aliphatic carbocycles. The number of nitrogens with two attached hydrogens (primary N) is 1. The average molecular weight is 392 g/mol. The number of hydrogen-bond acceptors (Lipinski definition) is 4. The van der Waals surface area contributed by atoms with Gasteiger partial charge in [-0.2, -0.15) is 13.2 Å². The maximum absolute atomic E-state index is 13.3. The third-order valence-electron chi connectivity index (χ3n) is 4.23. The highest BCUT2D eigenvalue weighted by Crippen LogP contribution is 2.34. The number of nitrogens with one attached hydrogen (secondary N) is 1. The number of imidazole rings is 1. The molecular weight excluding hydrogens is 373 g/mol. The fourth-order valence-corrected chi connectivity index (χ4v) is 2.93. The molecule has 0 atom stereocenters. The number of hydrogen-bond donors (Lipinski definition) is 2. The number of carbonyl (C=O) groups is 1. The summed E-state index contributed by atoms with van der Waals surface area (Å²) in [6.45, 7) is 3.28. The van der Waals surface area contributed by atoms with E-state index in [1.165, 1.54) is 25.3 Å². The van der Waals surface area contributed by atoms with Crippen LogP contribution in [0.15, 0.2) is 36.4 Å². The van der Waals surface area contributed by atoms with Crippen molar-refractivity contribution < 1.29 is 22.7 Å². The molecule has 0 unspecified atom stereocenters. The number of amides is 1. The van der Waals surface area contributed by atoms with Gasteiger partial charge in [-0.3, -0.25) is 4.79 Å². The van der Waals surface area contributed by atoms with Crippen molar-refractivity contribution in [2.45, 2.75) is 26.1 Å². The second-order valence-corrected chi connectivity index (χ2v) is 6.51. The zero-order valence-electron chi connectivity index (χ0n) is 15.5. The summed E-state index contributed by atoms with van der Waals surface area (Å²) in [6.07, 6.45) is -4.60. The number of methoxy groups -OCH3 is 1. The summed E-state index contributed by atoms with van der Waals surface area (Å²) in [5.41, 5.74) is 7.09. The molecule has 3 aromatic rings. The van der Waals surface area contributed by atoms with Crippen LogP contribution in [-0.4, -0.2) is 22.6 Å². The van der Waals surface area contributed by atoms with Gasteiger partial charge in [-0.1, -0.05) is 0 Å². The van der Waals surface area contributed by atoms with Crippen LogP contribution in [0.1, 0.15) is 36.1 Å². The first kappa shape index (κ1) is 19.5. The molecule has 0 bridgehead atoms. The minimum atomic E-state index is -4.60. The van der Waals surface area contributed by atoms with E-state index in [0.29, 0.717) is 22.6 Å². The van der Waals surface area contributed by atoms with Gasteiger partial charge < -0.3 is 20.4 Å². The molecule has 3 rings (SSSR count). The van der Waals surface area contributed by atoms with Gasteiger partial charge in [0.25, 0.3) is 5.91 Å². The van der Waals surface area contributed by atoms with E-state index in [9.17, 15) is 18.0 Å². The van der Waals surface area contributed by atoms with Crippen molar-refractivity contribution in [3.05, 3.63) is 47.8 Å². The lowest BCUT2D eigenvalue weighted by atomic mass is 10.1. The Labute approximate surface area is 159 Å². The summed E-state index contributed by atoms with van der Waals surface area (Å²) < 4.78 is 46.2. The molecule has 3 N–H and O–H groups in total. The number of halogens is 3. The van der Waals surface area contributed by atoms with Crippen molar-refractivity contribution in [3.8, 4) is 5.75 Å². The number of rotatable bonds is 4. The Kier molecular flexibility index (Phi) is 4.93. The highest BCUT2D eigenvalue weighted by atomic mass is 19.4. The average Bonchev–Trinajstić information content (AvgIpc) is 3.02. The molecule has 1 aromatic heterocycles. The Morgan fingerprint density at radius 3 is 2.54 bits per heavy atom. The topological polar surface area (TPSA) is 82.2 Å². The Hall–Kier alpha value is -3.23. The zero-order valence-corrected chi connectivity index (χ0v) is 15.5. The largest absolute Gasteiger partial charge is 0.497 e. The number of carbonyl (C=O) groups excluding carboxylic acids is 1. The van der Waals surface area contributed by atoms with Crippen LogP contribution >= 0.6 is 0 Å². The molecule has 2 aromatic carbocycles. The normalized spacial score (nSPS) is 11.8. The van der Waals surface area contributed by atoms with E-state index in [4.69, 9.17) is 10.5 Å². The van der Waals surface area contributed by atoms with E-state index in [-0.39, 0.29) is 11.1 Å². The molecule has 0 spiro atoms. The predicted octanol–water partition coefficient (Wildman–Crippen LogP) is 4.48. The first-order valence-electron chi connectivity index (χ1n) is 8.46. The molecule has 0 aliphatic rings. The number of nitrogens with zero attached hydrogens (tertiary/aromatic N) is 2. The summed E-state index contributed by atoms with van der Waals surface area (Å²) in [5, 5.41) is 2.64. The fraction of sp³-hybridized carbons (Fsp3) is 0.263. The van der Waals surface area contributed by atoms with Gasteiger partial charge in [0, 0.05) is 17.7 Å². The number of ether oxygens (including phenoxy) is 1. The maximum Gasteiger partial charge on any atom is 0.449 e. The molecule has 6 nitrogen and oxygen atoms in total. The summed E-state index contributed by atoms with van der Waals surface area (Å²) in [4.78, 5) is 16.3. The van der Waals surface area contributed by atoms with Crippen molar-refractivity contribution in [1.82, 2.24) is 9.55 Å². The van der Waals surface area contributed by atoms with Crippen LogP contribution in [-0.2, 0) is 6.18 Å². The molecule has 28 heavy (non-hydrogen) atoms. The molecule has 0 saturated carbocycles. The summed E-state index contributed by atoms with van der Waals surface area (Å²) in [7, 11) is 1.48. The molecule has 148 valence electrons. The number of fused-ring (bicyclic) bond motifs is 1. The molecule has 0 saturated heterocycles. The van der Waals surface area contributed by atoms with Crippen molar-refractivity contribution in [3.63, 3.8) is 0 Å². The second kappa shape index (κ2) is 7.06. The number of nitrogen functional groups attached to an aromatic ring is 1. The lowest BCUT2D eigenvalue weighted by molar-refractivity contribution is -0.147. The number of anilines is 2. The Morgan fingerprint density at radius 2 is 1.93 bits per heavy atom. The summed E-state index contributed by atoms with van der Waals surface area (Å²) in [5.74, 6) is -1.01. The van der Waals surface area contributed by atoms with Crippen LogP contribution in [0.5, 0.6) is 5.75 Å². The lowest BCUT2D eigenvalue weighted by Gasteiger charge is -2.14. The predicted molar refractivity (Wildman–Crippen MR) is 100 cm³/mol. The molecule has 1 heterocycles. The van der Waals surface area contributed by atoms with E-state index in [1.807, 2.05) is 0 Å². The lowest BCUT2D eigenvalue weighted by Crippen LogP contribution is -2.16. The second-order valence-electron chi connectivity index (χ2n) is 6.51. The molecule has 1 amide bonds. The van der Waals surface area contributed by atoms with Crippen LogP contribution < -0.4 is 15.8 Å². The van der Waals surface area contributed by atoms with Crippen LogP contribution in [0.2, 0.25) is 0 Å². The molecule has 0 radical (unpaired) electrons. The van der Waals surface area contributed by atoms with E-state index >= 15 is 0 Å². The summed E-state index contributed by atoms with van der Waals surface area (Å²) >= 11 is 0. The summed E-state index contributed by atoms with van der Waals surface area (Å²) in [6, 6.07) is 8.58. The van der Waals surface area contributed by atoms with Gasteiger partial charge >= 0.3 is 6.18 Å². The quantitative estimate of drug-likeness (QED) is 0.642. The minimum absolute atomic E-state index is 0.0901. The highest BCUT2D eigenvalue weighted by Gasteiger charge is 2.38. The van der Waals surface area contributed by atoms with E-state index in [0.717, 1.165) is 4.57 Å². The van der Waals surface area contributed by atoms with E-state index in [1.54, 1.807) is 32.0 Å². The number of aromatic nitrogens is 2. The molecular formula is C19H19F3N4O2. The van der Waals surface area contributed by atoms with Gasteiger partial charge in [0.15, 0.2) is 0 Å². The van der Waals surface area contributed by atoms with E-state index < -0.39 is 23.9 Å². The minimum Gasteiger partial charge on any atom is -0.497 e. The Balaban J connectivity index is 1.99. The van der Waals surface area contributed by atoms with Crippen molar-refractivity contribution in [2.24, 2.45) is 0 Å². The first-order chi connectivity index (χ1) is 13.1. The van der Waals surface area contributed by atoms with Gasteiger partial charge in [0.2, 0.25) is 5.82 Å². The number of alkyl halides is 3.